The summed E-state index contributed by atoms with van der Waals surface area (Å²) in [5, 5.41) is 6.99. The van der Waals surface area contributed by atoms with Crippen LogP contribution in [-0.2, 0) is 4.79 Å². The second-order valence-corrected chi connectivity index (χ2v) is 5.74. The lowest BCUT2D eigenvalue weighted by Crippen LogP contribution is -2.23. The molecule has 1 aliphatic heterocycles. The van der Waals surface area contributed by atoms with Crippen LogP contribution in [0.25, 0.3) is 0 Å². The van der Waals surface area contributed by atoms with Gasteiger partial charge in [0.25, 0.3) is 0 Å². The Morgan fingerprint density at radius 2 is 2.33 bits per heavy atom. The van der Waals surface area contributed by atoms with E-state index in [0.717, 1.165) is 28.7 Å². The SMILES string of the molecule is Cc1nc(NC(=O)CCC2CCCN2)sc1C.Cl. The van der Waals surface area contributed by atoms with E-state index >= 15 is 0 Å². The number of rotatable bonds is 4. The van der Waals surface area contributed by atoms with Crippen molar-refractivity contribution in [1.29, 1.82) is 0 Å². The number of nitrogens with one attached hydrogen (secondary N) is 2. The van der Waals surface area contributed by atoms with Crippen LogP contribution < -0.4 is 10.6 Å². The molecule has 4 nitrogen and oxygen atoms in total. The van der Waals surface area contributed by atoms with Crippen molar-refractivity contribution in [3.8, 4) is 0 Å². The zero-order chi connectivity index (χ0) is 12.3. The van der Waals surface area contributed by atoms with Gasteiger partial charge in [-0.3, -0.25) is 4.79 Å². The highest BCUT2D eigenvalue weighted by molar-refractivity contribution is 7.15. The fraction of sp³-hybridized carbons (Fsp3) is 0.667. The van der Waals surface area contributed by atoms with Crippen LogP contribution in [0, 0.1) is 13.8 Å². The van der Waals surface area contributed by atoms with Crippen LogP contribution >= 0.6 is 23.7 Å². The summed E-state index contributed by atoms with van der Waals surface area (Å²) in [6.45, 7) is 5.08. The molecule has 2 rings (SSSR count). The number of hydrogen-bond donors (Lipinski definition) is 2. The molecule has 0 aliphatic carbocycles. The van der Waals surface area contributed by atoms with Gasteiger partial charge in [-0.15, -0.1) is 23.7 Å². The molecule has 2 N–H and O–H groups in total. The number of aromatic nitrogens is 1. The van der Waals surface area contributed by atoms with Crippen molar-refractivity contribution in [3.63, 3.8) is 0 Å². The van der Waals surface area contributed by atoms with Gasteiger partial charge in [-0.2, -0.15) is 0 Å². The minimum Gasteiger partial charge on any atom is -0.314 e. The number of thiazole rings is 1. The van der Waals surface area contributed by atoms with Gasteiger partial charge in [-0.05, 0) is 39.7 Å². The van der Waals surface area contributed by atoms with Crippen molar-refractivity contribution in [3.05, 3.63) is 10.6 Å². The molecule has 1 saturated heterocycles. The molecular weight excluding hydrogens is 270 g/mol. The predicted octanol–water partition coefficient (Wildman–Crippen LogP) is 2.65. The molecule has 102 valence electrons. The zero-order valence-corrected chi connectivity index (χ0v) is 12.4. The number of aryl methyl sites for hydroxylation is 2. The average Bonchev–Trinajstić information content (AvgIpc) is 2.87. The van der Waals surface area contributed by atoms with E-state index in [4.69, 9.17) is 0 Å². The number of amides is 1. The first kappa shape index (κ1) is 15.4. The largest absolute Gasteiger partial charge is 0.314 e. The summed E-state index contributed by atoms with van der Waals surface area (Å²) in [4.78, 5) is 17.2. The van der Waals surface area contributed by atoms with Crippen LogP contribution in [0.15, 0.2) is 0 Å². The third-order valence-corrected chi connectivity index (χ3v) is 4.15. The maximum atomic E-state index is 11.7. The molecule has 18 heavy (non-hydrogen) atoms. The van der Waals surface area contributed by atoms with E-state index in [9.17, 15) is 4.79 Å². The molecule has 1 atom stereocenters. The quantitative estimate of drug-likeness (QED) is 0.896. The van der Waals surface area contributed by atoms with E-state index in [2.05, 4.69) is 15.6 Å². The van der Waals surface area contributed by atoms with Gasteiger partial charge >= 0.3 is 0 Å². The third-order valence-electron chi connectivity index (χ3n) is 3.16. The van der Waals surface area contributed by atoms with Gasteiger partial charge < -0.3 is 10.6 Å². The molecule has 0 bridgehead atoms. The summed E-state index contributed by atoms with van der Waals surface area (Å²) in [6, 6.07) is 0.528. The highest BCUT2D eigenvalue weighted by Gasteiger charge is 2.15. The van der Waals surface area contributed by atoms with Gasteiger partial charge in [-0.25, -0.2) is 4.98 Å². The van der Waals surface area contributed by atoms with Crippen molar-refractivity contribution in [2.45, 2.75) is 45.6 Å². The molecule has 1 aromatic rings. The molecule has 2 heterocycles. The van der Waals surface area contributed by atoms with Gasteiger partial charge in [0.05, 0.1) is 5.69 Å². The third kappa shape index (κ3) is 4.23. The van der Waals surface area contributed by atoms with Crippen LogP contribution in [-0.4, -0.2) is 23.5 Å². The van der Waals surface area contributed by atoms with Crippen LogP contribution in [0.4, 0.5) is 5.13 Å². The Bertz CT molecular complexity index is 383. The Morgan fingerprint density at radius 3 is 2.89 bits per heavy atom. The maximum absolute atomic E-state index is 11.7. The summed E-state index contributed by atoms with van der Waals surface area (Å²) < 4.78 is 0. The first-order valence-corrected chi connectivity index (χ1v) is 6.94. The number of carbonyl (C=O) groups excluding carboxylic acids is 1. The zero-order valence-electron chi connectivity index (χ0n) is 10.8. The molecule has 0 aromatic carbocycles. The molecule has 1 unspecified atom stereocenters. The minimum absolute atomic E-state index is 0. The van der Waals surface area contributed by atoms with E-state index in [1.165, 1.54) is 12.8 Å². The first-order chi connectivity index (χ1) is 8.15. The highest BCUT2D eigenvalue weighted by atomic mass is 35.5. The van der Waals surface area contributed by atoms with Gasteiger partial charge in [0.2, 0.25) is 5.91 Å². The second kappa shape index (κ2) is 7.07. The number of halogens is 1. The van der Waals surface area contributed by atoms with E-state index in [0.29, 0.717) is 12.5 Å². The fourth-order valence-electron chi connectivity index (χ4n) is 2.02. The fourth-order valence-corrected chi connectivity index (χ4v) is 2.85. The highest BCUT2D eigenvalue weighted by Crippen LogP contribution is 2.21. The monoisotopic (exact) mass is 289 g/mol. The molecule has 6 heteroatoms. The minimum atomic E-state index is 0. The van der Waals surface area contributed by atoms with Gasteiger partial charge in [0.1, 0.15) is 0 Å². The summed E-state index contributed by atoms with van der Waals surface area (Å²) in [7, 11) is 0. The molecule has 1 fully saturated rings. The number of carbonyl (C=O) groups is 1. The van der Waals surface area contributed by atoms with Gasteiger partial charge in [0, 0.05) is 17.3 Å². The number of anilines is 1. The van der Waals surface area contributed by atoms with Crippen molar-refractivity contribution >= 4 is 34.8 Å². The Kier molecular flexibility index (Phi) is 6.05. The Morgan fingerprint density at radius 1 is 1.56 bits per heavy atom. The van der Waals surface area contributed by atoms with Crippen LogP contribution in [0.1, 0.15) is 36.3 Å². The van der Waals surface area contributed by atoms with E-state index in [-0.39, 0.29) is 18.3 Å². The Labute approximate surface area is 118 Å². The van der Waals surface area contributed by atoms with Gasteiger partial charge in [0.15, 0.2) is 5.13 Å². The molecule has 0 radical (unpaired) electrons. The maximum Gasteiger partial charge on any atom is 0.226 e. The standard InChI is InChI=1S/C12H19N3OS.ClH/c1-8-9(2)17-12(14-8)15-11(16)6-5-10-4-3-7-13-10;/h10,13H,3-7H2,1-2H3,(H,14,15,16);1H. The topological polar surface area (TPSA) is 54.0 Å². The van der Waals surface area contributed by atoms with Crippen LogP contribution in [0.3, 0.4) is 0 Å². The molecule has 0 spiro atoms. The van der Waals surface area contributed by atoms with E-state index < -0.39 is 0 Å². The number of nitrogens with zero attached hydrogens (tertiary/aromatic N) is 1. The van der Waals surface area contributed by atoms with Crippen molar-refractivity contribution in [2.24, 2.45) is 0 Å². The summed E-state index contributed by atoms with van der Waals surface area (Å²) in [6.07, 6.45) is 3.93. The number of hydrogen-bond acceptors (Lipinski definition) is 4. The first-order valence-electron chi connectivity index (χ1n) is 6.12. The average molecular weight is 290 g/mol. The summed E-state index contributed by atoms with van der Waals surface area (Å²) in [5.41, 5.74) is 1.00. The smallest absolute Gasteiger partial charge is 0.226 e. The van der Waals surface area contributed by atoms with Crippen molar-refractivity contribution < 1.29 is 4.79 Å². The normalized spacial score (nSPS) is 18.4. The molecular formula is C12H20ClN3OS. The van der Waals surface area contributed by atoms with Crippen molar-refractivity contribution in [2.75, 3.05) is 11.9 Å². The summed E-state index contributed by atoms with van der Waals surface area (Å²) in [5.74, 6) is 0.0763. The van der Waals surface area contributed by atoms with Crippen LogP contribution in [0.2, 0.25) is 0 Å². The Balaban J connectivity index is 0.00000162. The lowest BCUT2D eigenvalue weighted by atomic mass is 10.1. The summed E-state index contributed by atoms with van der Waals surface area (Å²) >= 11 is 1.54. The van der Waals surface area contributed by atoms with Gasteiger partial charge in [-0.1, -0.05) is 0 Å². The molecule has 1 aromatic heterocycles. The predicted molar refractivity (Wildman–Crippen MR) is 77.7 cm³/mol. The van der Waals surface area contributed by atoms with Crippen molar-refractivity contribution in [1.82, 2.24) is 10.3 Å². The van der Waals surface area contributed by atoms with Crippen LogP contribution in [0.5, 0.6) is 0 Å². The lowest BCUT2D eigenvalue weighted by Gasteiger charge is -2.08. The molecule has 1 aliphatic rings. The van der Waals surface area contributed by atoms with E-state index in [1.807, 2.05) is 13.8 Å². The molecule has 1 amide bonds. The Hall–Kier alpha value is -0.650. The lowest BCUT2D eigenvalue weighted by molar-refractivity contribution is -0.116. The second-order valence-electron chi connectivity index (χ2n) is 4.54. The molecule has 0 saturated carbocycles. The van der Waals surface area contributed by atoms with E-state index in [1.54, 1.807) is 11.3 Å².